The number of hydrogen-bond donors (Lipinski definition) is 0. The topological polar surface area (TPSA) is 0 Å². The van der Waals surface area contributed by atoms with Crippen LogP contribution in [0.3, 0.4) is 0 Å². The van der Waals surface area contributed by atoms with Gasteiger partial charge >= 0.3 is 6.18 Å². The molecule has 0 spiro atoms. The molecule has 3 heteroatoms. The Hall–Kier alpha value is -2.29. The van der Waals surface area contributed by atoms with E-state index in [0.29, 0.717) is 5.56 Å². The Labute approximate surface area is 115 Å². The summed E-state index contributed by atoms with van der Waals surface area (Å²) in [5.74, 6) is 0. The maximum Gasteiger partial charge on any atom is 0.417 e. The standard InChI is InChI=1S/C11H7F3.C6H6/c12-11(13,14)10-7-6-8-4-2-1-3-5-9(8)10;1-2-4-6-5-3-1/h1-7H;1-6H. The summed E-state index contributed by atoms with van der Waals surface area (Å²) in [5, 5.41) is 0. The van der Waals surface area contributed by atoms with Crippen LogP contribution in [0.4, 0.5) is 13.2 Å². The average Bonchev–Trinajstić information content (AvgIpc) is 2.72. The first-order chi connectivity index (χ1) is 9.59. The van der Waals surface area contributed by atoms with Gasteiger partial charge in [-0.05, 0) is 17.2 Å². The van der Waals surface area contributed by atoms with Crippen LogP contribution in [0.2, 0.25) is 0 Å². The SMILES string of the molecule is FC(F)(F)c1ccc2cccccc1-2.c1ccccc1. The van der Waals surface area contributed by atoms with Crippen LogP contribution in [0, 0.1) is 0 Å². The molecule has 0 N–H and O–H groups in total. The molecule has 2 aliphatic carbocycles. The molecule has 0 fully saturated rings. The second-order valence-electron chi connectivity index (χ2n) is 4.18. The third kappa shape index (κ3) is 3.60. The van der Waals surface area contributed by atoms with Crippen molar-refractivity contribution >= 4 is 0 Å². The maximum atomic E-state index is 12.5. The molecule has 0 saturated heterocycles. The van der Waals surface area contributed by atoms with E-state index in [4.69, 9.17) is 0 Å². The van der Waals surface area contributed by atoms with Gasteiger partial charge in [-0.3, -0.25) is 0 Å². The fraction of sp³-hybridized carbons (Fsp3) is 0.0588. The predicted octanol–water partition coefficient (Wildman–Crippen LogP) is 5.50. The lowest BCUT2D eigenvalue weighted by molar-refractivity contribution is -0.136. The second-order valence-corrected chi connectivity index (χ2v) is 4.18. The maximum absolute atomic E-state index is 12.5. The molecule has 0 unspecified atom stereocenters. The van der Waals surface area contributed by atoms with Gasteiger partial charge in [-0.25, -0.2) is 0 Å². The largest absolute Gasteiger partial charge is 0.417 e. The van der Waals surface area contributed by atoms with Crippen molar-refractivity contribution in [2.75, 3.05) is 0 Å². The van der Waals surface area contributed by atoms with Crippen LogP contribution in [-0.4, -0.2) is 0 Å². The van der Waals surface area contributed by atoms with Gasteiger partial charge in [0, 0.05) is 0 Å². The van der Waals surface area contributed by atoms with Gasteiger partial charge in [-0.2, -0.15) is 13.2 Å². The van der Waals surface area contributed by atoms with Crippen LogP contribution in [0.5, 0.6) is 0 Å². The first-order valence-corrected chi connectivity index (χ1v) is 6.14. The van der Waals surface area contributed by atoms with Gasteiger partial charge in [-0.1, -0.05) is 72.8 Å². The first-order valence-electron chi connectivity index (χ1n) is 6.14. The molecule has 0 radical (unpaired) electrons. The van der Waals surface area contributed by atoms with E-state index in [1.54, 1.807) is 24.3 Å². The summed E-state index contributed by atoms with van der Waals surface area (Å²) >= 11 is 0. The van der Waals surface area contributed by atoms with Crippen LogP contribution < -0.4 is 0 Å². The molecule has 0 bridgehead atoms. The molecule has 20 heavy (non-hydrogen) atoms. The molecular weight excluding hydrogens is 261 g/mol. The molecule has 0 aromatic heterocycles. The Balaban J connectivity index is 0.000000205. The van der Waals surface area contributed by atoms with Gasteiger partial charge in [0.25, 0.3) is 0 Å². The van der Waals surface area contributed by atoms with E-state index in [9.17, 15) is 13.2 Å². The van der Waals surface area contributed by atoms with Gasteiger partial charge < -0.3 is 0 Å². The summed E-state index contributed by atoms with van der Waals surface area (Å²) < 4.78 is 37.4. The Morgan fingerprint density at radius 2 is 1.05 bits per heavy atom. The zero-order valence-electron chi connectivity index (χ0n) is 10.6. The summed E-state index contributed by atoms with van der Waals surface area (Å²) in [6.07, 6.45) is -4.27. The lowest BCUT2D eigenvalue weighted by atomic mass is 10.1. The molecule has 0 heterocycles. The fourth-order valence-corrected chi connectivity index (χ4v) is 1.85. The van der Waals surface area contributed by atoms with Crippen molar-refractivity contribution in [3.8, 4) is 11.1 Å². The Morgan fingerprint density at radius 3 is 1.60 bits per heavy atom. The molecule has 0 aliphatic heterocycles. The fourth-order valence-electron chi connectivity index (χ4n) is 1.85. The monoisotopic (exact) mass is 274 g/mol. The zero-order chi connectivity index (χ0) is 14.4. The van der Waals surface area contributed by atoms with Crippen molar-refractivity contribution in [2.45, 2.75) is 6.18 Å². The normalized spacial score (nSPS) is 10.8. The summed E-state index contributed by atoms with van der Waals surface area (Å²) in [6, 6.07) is 22.8. The third-order valence-electron chi connectivity index (χ3n) is 2.76. The summed E-state index contributed by atoms with van der Waals surface area (Å²) in [5.41, 5.74) is 0.300. The number of rotatable bonds is 0. The van der Waals surface area contributed by atoms with Crippen molar-refractivity contribution in [2.24, 2.45) is 0 Å². The molecule has 3 rings (SSSR count). The van der Waals surface area contributed by atoms with Crippen LogP contribution in [0.1, 0.15) is 5.56 Å². The van der Waals surface area contributed by atoms with Crippen molar-refractivity contribution in [1.82, 2.24) is 0 Å². The van der Waals surface area contributed by atoms with E-state index in [1.165, 1.54) is 12.1 Å². The quantitative estimate of drug-likeness (QED) is 0.508. The number of halogens is 3. The minimum Gasteiger partial charge on any atom is -0.166 e. The Morgan fingerprint density at radius 1 is 0.550 bits per heavy atom. The minimum absolute atomic E-state index is 0.252. The lowest BCUT2D eigenvalue weighted by Gasteiger charge is -2.05. The number of fused-ring (bicyclic) bond motifs is 1. The second kappa shape index (κ2) is 6.24. The summed E-state index contributed by atoms with van der Waals surface area (Å²) in [4.78, 5) is 0. The molecule has 0 atom stereocenters. The average molecular weight is 274 g/mol. The highest BCUT2D eigenvalue weighted by Crippen LogP contribution is 2.38. The minimum atomic E-state index is -4.27. The van der Waals surface area contributed by atoms with Gasteiger partial charge in [0.15, 0.2) is 0 Å². The van der Waals surface area contributed by atoms with E-state index in [1.807, 2.05) is 36.4 Å². The van der Waals surface area contributed by atoms with Gasteiger partial charge in [0.05, 0.1) is 5.56 Å². The lowest BCUT2D eigenvalue weighted by Crippen LogP contribution is -2.03. The summed E-state index contributed by atoms with van der Waals surface area (Å²) in [7, 11) is 0. The van der Waals surface area contributed by atoms with Crippen molar-refractivity contribution < 1.29 is 13.2 Å². The summed E-state index contributed by atoms with van der Waals surface area (Å²) in [6.45, 7) is 0. The van der Waals surface area contributed by atoms with Crippen molar-refractivity contribution in [1.29, 1.82) is 0 Å². The molecule has 102 valence electrons. The third-order valence-corrected chi connectivity index (χ3v) is 2.76. The number of alkyl halides is 3. The van der Waals surface area contributed by atoms with Gasteiger partial charge in [-0.15, -0.1) is 0 Å². The number of hydrogen-bond acceptors (Lipinski definition) is 0. The van der Waals surface area contributed by atoms with Crippen molar-refractivity contribution in [3.63, 3.8) is 0 Å². The molecule has 1 aromatic carbocycles. The smallest absolute Gasteiger partial charge is 0.166 e. The highest BCUT2D eigenvalue weighted by atomic mass is 19.4. The molecule has 0 saturated carbocycles. The zero-order valence-corrected chi connectivity index (χ0v) is 10.6. The van der Waals surface area contributed by atoms with Crippen LogP contribution in [0.25, 0.3) is 11.1 Å². The van der Waals surface area contributed by atoms with Crippen LogP contribution in [-0.2, 0) is 6.18 Å². The highest BCUT2D eigenvalue weighted by Gasteiger charge is 2.34. The molecular formula is C17H13F3. The van der Waals surface area contributed by atoms with Gasteiger partial charge in [0.2, 0.25) is 0 Å². The predicted molar refractivity (Wildman–Crippen MR) is 74.5 cm³/mol. The molecule has 0 amide bonds. The number of benzene rings is 1. The first kappa shape index (κ1) is 14.1. The van der Waals surface area contributed by atoms with E-state index in [-0.39, 0.29) is 5.56 Å². The van der Waals surface area contributed by atoms with E-state index >= 15 is 0 Å². The van der Waals surface area contributed by atoms with Crippen molar-refractivity contribution in [3.05, 3.63) is 84.4 Å². The molecule has 1 aromatic rings. The van der Waals surface area contributed by atoms with E-state index < -0.39 is 11.7 Å². The van der Waals surface area contributed by atoms with Gasteiger partial charge in [0.1, 0.15) is 0 Å². The highest BCUT2D eigenvalue weighted by molar-refractivity contribution is 5.70. The van der Waals surface area contributed by atoms with E-state index in [0.717, 1.165) is 6.07 Å². The van der Waals surface area contributed by atoms with E-state index in [2.05, 4.69) is 0 Å². The Bertz CT molecular complexity index is 588. The molecule has 0 nitrogen and oxygen atoms in total. The Kier molecular flexibility index (Phi) is 4.41. The molecule has 2 aliphatic rings. The van der Waals surface area contributed by atoms with Crippen LogP contribution in [0.15, 0.2) is 78.9 Å². The van der Waals surface area contributed by atoms with Crippen LogP contribution >= 0.6 is 0 Å².